The molecule has 1 aliphatic carbocycles. The third-order valence-corrected chi connectivity index (χ3v) is 7.08. The summed E-state index contributed by atoms with van der Waals surface area (Å²) < 4.78 is 2.29. The minimum absolute atomic E-state index is 0.00836. The van der Waals surface area contributed by atoms with E-state index >= 15 is 0 Å². The van der Waals surface area contributed by atoms with Crippen LogP contribution in [0, 0.1) is 6.92 Å². The molecular weight excluding hydrogens is 350 g/mol. The molecule has 29 heavy (non-hydrogen) atoms. The molecule has 0 spiro atoms. The number of fused-ring (bicyclic) bond motifs is 2. The maximum absolute atomic E-state index is 2.47. The first-order valence-corrected chi connectivity index (χ1v) is 10.8. The SMILES string of the molecule is Cc1cc2c(cc1-c1ccc(C(C)C)c[n+]1C)C(C)(C)c1ccccc1C2(C)C. The molecule has 0 fully saturated rings. The summed E-state index contributed by atoms with van der Waals surface area (Å²) in [7, 11) is 2.17. The number of hydrogen-bond donors (Lipinski definition) is 0. The zero-order valence-corrected chi connectivity index (χ0v) is 19.2. The van der Waals surface area contributed by atoms with Crippen molar-refractivity contribution in [3.05, 3.63) is 88.1 Å². The van der Waals surface area contributed by atoms with E-state index in [4.69, 9.17) is 0 Å². The maximum Gasteiger partial charge on any atom is 0.212 e. The van der Waals surface area contributed by atoms with Gasteiger partial charge in [-0.1, -0.05) is 71.9 Å². The standard InChI is InChI=1S/C28H34N/c1-18(2)20-13-14-26(29(8)17-20)21-16-25-24(15-19(21)3)27(4,5)22-11-9-10-12-23(22)28(25,6)7/h9-18H,1-8H3/q+1. The predicted octanol–water partition coefficient (Wildman–Crippen LogP) is 6.58. The maximum atomic E-state index is 2.47. The van der Waals surface area contributed by atoms with Gasteiger partial charge < -0.3 is 0 Å². The van der Waals surface area contributed by atoms with Gasteiger partial charge in [0, 0.05) is 28.0 Å². The van der Waals surface area contributed by atoms with E-state index in [1.54, 1.807) is 0 Å². The number of benzene rings is 2. The molecule has 1 heterocycles. The molecule has 3 aromatic rings. The lowest BCUT2D eigenvalue weighted by atomic mass is 9.59. The zero-order valence-electron chi connectivity index (χ0n) is 19.2. The van der Waals surface area contributed by atoms with Crippen LogP contribution in [0.3, 0.4) is 0 Å². The van der Waals surface area contributed by atoms with Crippen molar-refractivity contribution in [2.75, 3.05) is 0 Å². The molecule has 0 saturated heterocycles. The molecule has 0 N–H and O–H groups in total. The summed E-state index contributed by atoms with van der Waals surface area (Å²) in [6, 6.07) is 18.5. The largest absolute Gasteiger partial charge is 0.212 e. The molecule has 4 rings (SSSR count). The number of pyridine rings is 1. The van der Waals surface area contributed by atoms with Crippen molar-refractivity contribution in [2.24, 2.45) is 7.05 Å². The highest BCUT2D eigenvalue weighted by Crippen LogP contribution is 2.50. The molecular formula is C28H34N+. The summed E-state index contributed by atoms with van der Waals surface area (Å²) in [6.07, 6.45) is 2.28. The minimum atomic E-state index is -0.0136. The summed E-state index contributed by atoms with van der Waals surface area (Å²) in [4.78, 5) is 0. The third-order valence-electron chi connectivity index (χ3n) is 7.08. The van der Waals surface area contributed by atoms with Crippen LogP contribution in [0.15, 0.2) is 54.7 Å². The summed E-state index contributed by atoms with van der Waals surface area (Å²) in [5, 5.41) is 0. The molecule has 1 heteroatoms. The molecule has 0 unspecified atom stereocenters. The van der Waals surface area contributed by atoms with Crippen LogP contribution in [0.2, 0.25) is 0 Å². The van der Waals surface area contributed by atoms with Crippen molar-refractivity contribution in [3.8, 4) is 11.3 Å². The number of aryl methyl sites for hydroxylation is 2. The van der Waals surface area contributed by atoms with Crippen molar-refractivity contribution in [3.63, 3.8) is 0 Å². The first kappa shape index (κ1) is 19.9. The van der Waals surface area contributed by atoms with Crippen molar-refractivity contribution in [2.45, 2.75) is 65.2 Å². The quantitative estimate of drug-likeness (QED) is 0.440. The Labute approximate surface area is 176 Å². The van der Waals surface area contributed by atoms with E-state index in [0.29, 0.717) is 5.92 Å². The normalized spacial score (nSPS) is 16.4. The van der Waals surface area contributed by atoms with E-state index < -0.39 is 0 Å². The Bertz CT molecular complexity index is 1100. The van der Waals surface area contributed by atoms with Gasteiger partial charge in [-0.15, -0.1) is 0 Å². The number of nitrogens with zero attached hydrogens (tertiary/aromatic N) is 1. The van der Waals surface area contributed by atoms with Gasteiger partial charge in [-0.3, -0.25) is 0 Å². The van der Waals surface area contributed by atoms with Gasteiger partial charge in [0.2, 0.25) is 5.69 Å². The van der Waals surface area contributed by atoms with E-state index in [2.05, 4.69) is 115 Å². The fourth-order valence-electron chi connectivity index (χ4n) is 5.13. The van der Waals surface area contributed by atoms with Crippen molar-refractivity contribution < 1.29 is 4.57 Å². The predicted molar refractivity (Wildman–Crippen MR) is 123 cm³/mol. The van der Waals surface area contributed by atoms with E-state index in [1.807, 2.05) is 0 Å². The molecule has 0 bridgehead atoms. The number of rotatable bonds is 2. The average Bonchev–Trinajstić information content (AvgIpc) is 2.67. The Hall–Kier alpha value is -2.41. The fourth-order valence-corrected chi connectivity index (χ4v) is 5.13. The second-order valence-corrected chi connectivity index (χ2v) is 10.1. The van der Waals surface area contributed by atoms with E-state index in [-0.39, 0.29) is 10.8 Å². The van der Waals surface area contributed by atoms with Gasteiger partial charge in [0.1, 0.15) is 7.05 Å². The Kier molecular flexibility index (Phi) is 4.49. The average molecular weight is 385 g/mol. The summed E-state index contributed by atoms with van der Waals surface area (Å²) in [5.41, 5.74) is 11.2. The van der Waals surface area contributed by atoms with E-state index in [0.717, 1.165) is 0 Å². The van der Waals surface area contributed by atoms with Crippen molar-refractivity contribution in [1.82, 2.24) is 0 Å². The lowest BCUT2D eigenvalue weighted by molar-refractivity contribution is -0.660. The topological polar surface area (TPSA) is 3.88 Å². The van der Waals surface area contributed by atoms with Crippen LogP contribution in [0.1, 0.15) is 80.8 Å². The summed E-state index contributed by atoms with van der Waals surface area (Å²) >= 11 is 0. The summed E-state index contributed by atoms with van der Waals surface area (Å²) in [5.74, 6) is 0.538. The van der Waals surface area contributed by atoms with Gasteiger partial charge in [0.25, 0.3) is 0 Å². The van der Waals surface area contributed by atoms with Crippen LogP contribution in [-0.2, 0) is 17.9 Å². The molecule has 150 valence electrons. The van der Waals surface area contributed by atoms with E-state index in [9.17, 15) is 0 Å². The molecule has 1 nitrogen and oxygen atoms in total. The van der Waals surface area contributed by atoms with Crippen LogP contribution >= 0.6 is 0 Å². The molecule has 0 saturated carbocycles. The molecule has 0 amide bonds. The van der Waals surface area contributed by atoms with Crippen LogP contribution in [0.5, 0.6) is 0 Å². The van der Waals surface area contributed by atoms with Gasteiger partial charge >= 0.3 is 0 Å². The van der Waals surface area contributed by atoms with Gasteiger partial charge in [-0.2, -0.15) is 0 Å². The highest BCUT2D eigenvalue weighted by molar-refractivity contribution is 5.69. The minimum Gasteiger partial charge on any atom is -0.201 e. The van der Waals surface area contributed by atoms with Crippen LogP contribution in [-0.4, -0.2) is 0 Å². The Morgan fingerprint density at radius 2 is 1.31 bits per heavy atom. The smallest absolute Gasteiger partial charge is 0.201 e. The van der Waals surface area contributed by atoms with E-state index in [1.165, 1.54) is 44.6 Å². The van der Waals surface area contributed by atoms with Gasteiger partial charge in [0.05, 0.1) is 0 Å². The lowest BCUT2D eigenvalue weighted by Crippen LogP contribution is -2.37. The second kappa shape index (κ2) is 6.55. The second-order valence-electron chi connectivity index (χ2n) is 10.1. The Balaban J connectivity index is 1.96. The van der Waals surface area contributed by atoms with Gasteiger partial charge in [0.15, 0.2) is 6.20 Å². The molecule has 1 aromatic heterocycles. The first-order valence-electron chi connectivity index (χ1n) is 10.8. The zero-order chi connectivity index (χ0) is 21.1. The molecule has 0 aliphatic heterocycles. The monoisotopic (exact) mass is 384 g/mol. The molecule has 0 atom stereocenters. The highest BCUT2D eigenvalue weighted by Gasteiger charge is 2.42. The molecule has 1 aliphatic rings. The fraction of sp³-hybridized carbons (Fsp3) is 0.393. The third kappa shape index (κ3) is 2.94. The Morgan fingerprint density at radius 1 is 0.759 bits per heavy atom. The van der Waals surface area contributed by atoms with Crippen LogP contribution in [0.25, 0.3) is 11.3 Å². The molecule has 0 radical (unpaired) electrons. The highest BCUT2D eigenvalue weighted by atomic mass is 14.9. The van der Waals surface area contributed by atoms with Crippen LogP contribution < -0.4 is 4.57 Å². The lowest BCUT2D eigenvalue weighted by Gasteiger charge is -2.44. The van der Waals surface area contributed by atoms with Gasteiger partial charge in [-0.05, 0) is 52.8 Å². The van der Waals surface area contributed by atoms with Crippen LogP contribution in [0.4, 0.5) is 0 Å². The number of aromatic nitrogens is 1. The molecule has 2 aromatic carbocycles. The first-order chi connectivity index (χ1) is 13.5. The van der Waals surface area contributed by atoms with Crippen molar-refractivity contribution in [1.29, 1.82) is 0 Å². The summed E-state index contributed by atoms with van der Waals surface area (Å²) in [6.45, 7) is 16.3. The van der Waals surface area contributed by atoms with Crippen molar-refractivity contribution >= 4 is 0 Å². The Morgan fingerprint density at radius 3 is 1.83 bits per heavy atom. The van der Waals surface area contributed by atoms with Gasteiger partial charge in [-0.25, -0.2) is 4.57 Å². The number of hydrogen-bond acceptors (Lipinski definition) is 0.